The Hall–Kier alpha value is -1.92. The van der Waals surface area contributed by atoms with E-state index < -0.39 is 0 Å². The van der Waals surface area contributed by atoms with Gasteiger partial charge in [-0.1, -0.05) is 19.3 Å². The Labute approximate surface area is 118 Å². The molecule has 7 heteroatoms. The van der Waals surface area contributed by atoms with E-state index >= 15 is 0 Å². The minimum absolute atomic E-state index is 0.00470. The first-order chi connectivity index (χ1) is 9.74. The van der Waals surface area contributed by atoms with E-state index in [0.29, 0.717) is 18.2 Å². The summed E-state index contributed by atoms with van der Waals surface area (Å²) < 4.78 is 0. The summed E-state index contributed by atoms with van der Waals surface area (Å²) in [6, 6.07) is 0. The van der Waals surface area contributed by atoms with Crippen molar-refractivity contribution >= 4 is 17.3 Å². The third-order valence-corrected chi connectivity index (χ3v) is 3.49. The lowest BCUT2D eigenvalue weighted by Gasteiger charge is -2.25. The molecule has 0 aliphatic carbocycles. The summed E-state index contributed by atoms with van der Waals surface area (Å²) >= 11 is 0. The molecule has 0 radical (unpaired) electrons. The Morgan fingerprint density at radius 2 is 1.90 bits per heavy atom. The van der Waals surface area contributed by atoms with Crippen LogP contribution in [0.4, 0.5) is 17.3 Å². The second-order valence-electron chi connectivity index (χ2n) is 4.94. The second kappa shape index (κ2) is 7.02. The summed E-state index contributed by atoms with van der Waals surface area (Å²) in [4.78, 5) is 21.2. The average molecular weight is 279 g/mol. The molecule has 2 rings (SSSR count). The van der Waals surface area contributed by atoms with Gasteiger partial charge in [0.05, 0.1) is 4.92 Å². The number of nitrogens with one attached hydrogen (secondary N) is 1. The maximum Gasteiger partial charge on any atom is 0.353 e. The highest BCUT2D eigenvalue weighted by atomic mass is 16.6. The van der Waals surface area contributed by atoms with Gasteiger partial charge in [0.2, 0.25) is 11.6 Å². The minimum Gasteiger partial charge on any atom is -0.364 e. The Bertz CT molecular complexity index is 458. The van der Waals surface area contributed by atoms with Crippen LogP contribution in [0.1, 0.15) is 39.0 Å². The zero-order valence-corrected chi connectivity index (χ0v) is 11.8. The predicted octanol–water partition coefficient (Wildman–Crippen LogP) is 2.59. The number of hydrogen-bond donors (Lipinski definition) is 1. The van der Waals surface area contributed by atoms with Crippen LogP contribution in [0.15, 0.2) is 6.33 Å². The Morgan fingerprint density at radius 3 is 2.50 bits per heavy atom. The summed E-state index contributed by atoms with van der Waals surface area (Å²) in [7, 11) is 0. The van der Waals surface area contributed by atoms with Crippen LogP contribution < -0.4 is 10.2 Å². The van der Waals surface area contributed by atoms with Gasteiger partial charge in [-0.2, -0.15) is 0 Å². The van der Waals surface area contributed by atoms with Crippen LogP contribution in [-0.2, 0) is 0 Å². The highest BCUT2D eigenvalue weighted by molar-refractivity contribution is 5.70. The molecular formula is C13H21N5O2. The lowest BCUT2D eigenvalue weighted by atomic mass is 10.1. The molecule has 2 heterocycles. The van der Waals surface area contributed by atoms with Crippen molar-refractivity contribution in [3.8, 4) is 0 Å². The van der Waals surface area contributed by atoms with Gasteiger partial charge in [-0.05, 0) is 19.8 Å². The van der Waals surface area contributed by atoms with Crippen molar-refractivity contribution in [1.29, 1.82) is 0 Å². The minimum atomic E-state index is -0.383. The van der Waals surface area contributed by atoms with E-state index in [4.69, 9.17) is 0 Å². The number of nitro groups is 1. The van der Waals surface area contributed by atoms with Crippen molar-refractivity contribution in [2.24, 2.45) is 0 Å². The maximum atomic E-state index is 11.4. The number of nitrogens with zero attached hydrogens (tertiary/aromatic N) is 4. The van der Waals surface area contributed by atoms with E-state index in [0.717, 1.165) is 25.9 Å². The van der Waals surface area contributed by atoms with E-state index in [1.165, 1.54) is 25.6 Å². The predicted molar refractivity (Wildman–Crippen MR) is 78.1 cm³/mol. The standard InChI is InChI=1S/C13H21N5O2/c1-2-14-12-11(18(19)20)13(16-10-15-12)17-8-6-4-3-5-7-9-17/h10H,2-9H2,1H3,(H,14,15,16). The van der Waals surface area contributed by atoms with E-state index in [-0.39, 0.29) is 10.6 Å². The van der Waals surface area contributed by atoms with E-state index in [9.17, 15) is 10.1 Å². The molecule has 0 aromatic carbocycles. The summed E-state index contributed by atoms with van der Waals surface area (Å²) in [5, 5.41) is 14.3. The molecule has 0 amide bonds. The molecule has 1 aliphatic rings. The average Bonchev–Trinajstić information content (AvgIpc) is 2.38. The molecule has 1 N–H and O–H groups in total. The molecule has 0 bridgehead atoms. The van der Waals surface area contributed by atoms with Crippen LogP contribution in [-0.4, -0.2) is 34.5 Å². The summed E-state index contributed by atoms with van der Waals surface area (Å²) in [6.07, 6.45) is 7.11. The summed E-state index contributed by atoms with van der Waals surface area (Å²) in [6.45, 7) is 4.13. The molecule has 0 atom stereocenters. The first kappa shape index (κ1) is 14.5. The molecule has 20 heavy (non-hydrogen) atoms. The highest BCUT2D eigenvalue weighted by Crippen LogP contribution is 2.32. The summed E-state index contributed by atoms with van der Waals surface area (Å²) in [5.74, 6) is 0.757. The molecule has 0 saturated carbocycles. The third kappa shape index (κ3) is 3.34. The molecule has 1 aromatic rings. The van der Waals surface area contributed by atoms with Gasteiger partial charge in [0.15, 0.2) is 0 Å². The van der Waals surface area contributed by atoms with Crippen molar-refractivity contribution in [1.82, 2.24) is 9.97 Å². The third-order valence-electron chi connectivity index (χ3n) is 3.49. The molecule has 1 aliphatic heterocycles. The number of anilines is 2. The number of hydrogen-bond acceptors (Lipinski definition) is 6. The van der Waals surface area contributed by atoms with Crippen LogP contribution in [0.5, 0.6) is 0 Å². The fourth-order valence-corrected chi connectivity index (χ4v) is 2.53. The van der Waals surface area contributed by atoms with Crippen molar-refractivity contribution in [2.45, 2.75) is 39.0 Å². The first-order valence-corrected chi connectivity index (χ1v) is 7.22. The lowest BCUT2D eigenvalue weighted by molar-refractivity contribution is -0.383. The van der Waals surface area contributed by atoms with Crippen LogP contribution in [0.3, 0.4) is 0 Å². The van der Waals surface area contributed by atoms with Crippen LogP contribution >= 0.6 is 0 Å². The number of aromatic nitrogens is 2. The van der Waals surface area contributed by atoms with Gasteiger partial charge < -0.3 is 10.2 Å². The molecule has 0 spiro atoms. The topological polar surface area (TPSA) is 84.2 Å². The van der Waals surface area contributed by atoms with Crippen molar-refractivity contribution in [3.05, 3.63) is 16.4 Å². The Morgan fingerprint density at radius 1 is 1.25 bits per heavy atom. The van der Waals surface area contributed by atoms with Crippen molar-refractivity contribution < 1.29 is 4.92 Å². The summed E-state index contributed by atoms with van der Waals surface area (Å²) in [5.41, 5.74) is -0.00470. The Kier molecular flexibility index (Phi) is 5.09. The highest BCUT2D eigenvalue weighted by Gasteiger charge is 2.26. The van der Waals surface area contributed by atoms with Gasteiger partial charge in [-0.25, -0.2) is 9.97 Å². The molecular weight excluding hydrogens is 258 g/mol. The van der Waals surface area contributed by atoms with Gasteiger partial charge in [-0.15, -0.1) is 0 Å². The first-order valence-electron chi connectivity index (χ1n) is 7.22. The lowest BCUT2D eigenvalue weighted by Crippen LogP contribution is -2.29. The zero-order chi connectivity index (χ0) is 14.4. The van der Waals surface area contributed by atoms with Gasteiger partial charge in [0.1, 0.15) is 6.33 Å². The van der Waals surface area contributed by atoms with E-state index in [1.807, 2.05) is 11.8 Å². The molecule has 110 valence electrons. The maximum absolute atomic E-state index is 11.4. The largest absolute Gasteiger partial charge is 0.364 e. The molecule has 7 nitrogen and oxygen atoms in total. The van der Waals surface area contributed by atoms with Crippen molar-refractivity contribution in [3.63, 3.8) is 0 Å². The monoisotopic (exact) mass is 279 g/mol. The van der Waals surface area contributed by atoms with Crippen molar-refractivity contribution in [2.75, 3.05) is 29.9 Å². The fourth-order valence-electron chi connectivity index (χ4n) is 2.53. The van der Waals surface area contributed by atoms with Gasteiger partial charge in [-0.3, -0.25) is 10.1 Å². The van der Waals surface area contributed by atoms with Crippen LogP contribution in [0.2, 0.25) is 0 Å². The quantitative estimate of drug-likeness (QED) is 0.673. The van der Waals surface area contributed by atoms with Gasteiger partial charge in [0, 0.05) is 19.6 Å². The molecule has 0 unspecified atom stereocenters. The van der Waals surface area contributed by atoms with Crippen LogP contribution in [0, 0.1) is 10.1 Å². The SMILES string of the molecule is CCNc1ncnc(N2CCCCCCC2)c1[N+](=O)[O-]. The normalized spacial score (nSPS) is 16.4. The second-order valence-corrected chi connectivity index (χ2v) is 4.94. The van der Waals surface area contributed by atoms with Crippen LogP contribution in [0.25, 0.3) is 0 Å². The van der Waals surface area contributed by atoms with E-state index in [1.54, 1.807) is 0 Å². The molecule has 1 saturated heterocycles. The Balaban J connectivity index is 2.33. The van der Waals surface area contributed by atoms with Gasteiger partial charge >= 0.3 is 5.69 Å². The molecule has 1 aromatic heterocycles. The smallest absolute Gasteiger partial charge is 0.353 e. The van der Waals surface area contributed by atoms with E-state index in [2.05, 4.69) is 15.3 Å². The van der Waals surface area contributed by atoms with Gasteiger partial charge in [0.25, 0.3) is 0 Å². The zero-order valence-electron chi connectivity index (χ0n) is 11.8. The molecule has 1 fully saturated rings. The fraction of sp³-hybridized carbons (Fsp3) is 0.692. The number of rotatable bonds is 4.